The molecule has 0 radical (unpaired) electrons. The number of carbonyl (C=O) groups is 3. The minimum absolute atomic E-state index is 0.136. The van der Waals surface area contributed by atoms with E-state index in [0.29, 0.717) is 5.01 Å². The Morgan fingerprint density at radius 1 is 1.41 bits per heavy atom. The molecule has 1 aromatic rings. The van der Waals surface area contributed by atoms with Gasteiger partial charge in [-0.15, -0.1) is 11.3 Å². The second-order valence-corrected chi connectivity index (χ2v) is 8.94. The number of nitrogens with one attached hydrogen (secondary N) is 1. The molecule has 2 heterocycles. The zero-order valence-electron chi connectivity index (χ0n) is 16.2. The van der Waals surface area contributed by atoms with Crippen LogP contribution in [-0.2, 0) is 34.3 Å². The van der Waals surface area contributed by atoms with Crippen molar-refractivity contribution in [3.63, 3.8) is 0 Å². The van der Waals surface area contributed by atoms with Crippen LogP contribution in [0, 0.1) is 6.92 Å². The average Bonchev–Trinajstić information content (AvgIpc) is 3.03. The first kappa shape index (κ1) is 22.7. The molecule has 160 valence electrons. The summed E-state index contributed by atoms with van der Waals surface area (Å²) in [4.78, 5) is 45.8. The van der Waals surface area contributed by atoms with Crippen LogP contribution in [0.4, 0.5) is 0 Å². The van der Waals surface area contributed by atoms with E-state index in [4.69, 9.17) is 9.39 Å². The van der Waals surface area contributed by atoms with Gasteiger partial charge in [0.05, 0.1) is 18.2 Å². The van der Waals surface area contributed by atoms with Crippen LogP contribution in [0.5, 0.6) is 0 Å². The number of β-lactam (4-membered cyclic amide) rings is 1. The fourth-order valence-electron chi connectivity index (χ4n) is 2.43. The summed E-state index contributed by atoms with van der Waals surface area (Å²) in [6, 6.07) is -2.21. The first-order valence-corrected chi connectivity index (χ1v) is 10.5. The second kappa shape index (κ2) is 8.04. The highest BCUT2D eigenvalue weighted by atomic mass is 32.2. The molecule has 2 rings (SSSR count). The lowest BCUT2D eigenvalue weighted by molar-refractivity contribution is -0.165. The molecule has 2 N–H and O–H groups in total. The van der Waals surface area contributed by atoms with E-state index in [1.165, 1.54) is 44.6 Å². The summed E-state index contributed by atoms with van der Waals surface area (Å²) >= 11 is 1.23. The Balaban J connectivity index is 2.26. The molecule has 1 fully saturated rings. The predicted octanol–water partition coefficient (Wildman–Crippen LogP) is -0.358. The third kappa shape index (κ3) is 4.71. The number of hydrogen-bond donors (Lipinski definition) is 2. The maximum absolute atomic E-state index is 12.7. The number of methoxy groups -OCH3 is 1. The third-order valence-electron chi connectivity index (χ3n) is 3.99. The Hall–Kier alpha value is -2.58. The molecule has 1 aliphatic heterocycles. The molecule has 1 aromatic heterocycles. The molecule has 2 atom stereocenters. The monoisotopic (exact) mass is 448 g/mol. The molecule has 2 amide bonds. The molecule has 0 bridgehead atoms. The maximum atomic E-state index is 12.7. The summed E-state index contributed by atoms with van der Waals surface area (Å²) in [6.45, 7) is 5.79. The molecule has 0 aromatic carbocycles. The number of rotatable bonds is 7. The second-order valence-electron chi connectivity index (χ2n) is 6.59. The number of amides is 2. The Kier molecular flexibility index (Phi) is 6.30. The van der Waals surface area contributed by atoms with Gasteiger partial charge in [0.2, 0.25) is 5.60 Å². The molecule has 1 aliphatic rings. The highest BCUT2D eigenvalue weighted by Gasteiger charge is 2.51. The highest BCUT2D eigenvalue weighted by molar-refractivity contribution is 7.84. The molecule has 12 nitrogen and oxygen atoms in total. The first-order chi connectivity index (χ1) is 13.3. The SMILES string of the molecule is COC(=O)C(C)(C)O/N=C(\C(=O)N[C@@H]1C(=O)N(S(=O)(=O)O)[C@H]1C)c1csc(C)n1. The topological polar surface area (TPSA) is 165 Å². The standard InChI is InChI=1S/C15H20N4O8S2/c1-7-10(13(21)19(7)29(23,24)25)17-12(20)11(9-6-28-8(2)16-9)18-27-15(3,4)14(22)26-5/h6-7,10H,1-5H3,(H,17,20)(H,23,24,25)/b18-11-/t7-,10-/m0/s1. The van der Waals surface area contributed by atoms with Gasteiger partial charge >= 0.3 is 16.3 Å². The van der Waals surface area contributed by atoms with Gasteiger partial charge in [-0.25, -0.2) is 14.1 Å². The number of aryl methyl sites for hydroxylation is 1. The van der Waals surface area contributed by atoms with Gasteiger partial charge in [0.25, 0.3) is 11.8 Å². The van der Waals surface area contributed by atoms with Crippen LogP contribution in [0.1, 0.15) is 31.5 Å². The van der Waals surface area contributed by atoms with E-state index in [2.05, 4.69) is 20.2 Å². The Morgan fingerprint density at radius 2 is 2.03 bits per heavy atom. The summed E-state index contributed by atoms with van der Waals surface area (Å²) in [5.41, 5.74) is -1.69. The van der Waals surface area contributed by atoms with Crippen molar-refractivity contribution in [3.05, 3.63) is 16.1 Å². The zero-order chi connectivity index (χ0) is 22.1. The number of aromatic nitrogens is 1. The van der Waals surface area contributed by atoms with E-state index < -0.39 is 45.8 Å². The van der Waals surface area contributed by atoms with Crippen molar-refractivity contribution >= 4 is 45.1 Å². The summed E-state index contributed by atoms with van der Waals surface area (Å²) in [6.07, 6.45) is 0. The molecule has 0 aliphatic carbocycles. The van der Waals surface area contributed by atoms with E-state index in [1.807, 2.05) is 0 Å². The van der Waals surface area contributed by atoms with Crippen LogP contribution < -0.4 is 5.32 Å². The fourth-order valence-corrected chi connectivity index (χ4v) is 3.91. The smallest absolute Gasteiger partial charge is 0.362 e. The number of carbonyl (C=O) groups excluding carboxylic acids is 3. The number of oxime groups is 1. The lowest BCUT2D eigenvalue weighted by Gasteiger charge is -2.42. The van der Waals surface area contributed by atoms with Gasteiger partial charge in [-0.2, -0.15) is 8.42 Å². The van der Waals surface area contributed by atoms with E-state index in [0.717, 1.165) is 0 Å². The number of thiazole rings is 1. The molecule has 29 heavy (non-hydrogen) atoms. The first-order valence-electron chi connectivity index (χ1n) is 8.18. The van der Waals surface area contributed by atoms with Crippen molar-refractivity contribution in [1.82, 2.24) is 14.6 Å². The predicted molar refractivity (Wildman–Crippen MR) is 100 cm³/mol. The van der Waals surface area contributed by atoms with Gasteiger partial charge in [-0.1, -0.05) is 5.16 Å². The van der Waals surface area contributed by atoms with Crippen molar-refractivity contribution in [2.75, 3.05) is 7.11 Å². The molecule has 0 saturated carbocycles. The van der Waals surface area contributed by atoms with Crippen molar-refractivity contribution in [1.29, 1.82) is 0 Å². The van der Waals surface area contributed by atoms with Gasteiger partial charge in [0, 0.05) is 5.38 Å². The normalized spacial score (nSPS) is 20.1. The highest BCUT2D eigenvalue weighted by Crippen LogP contribution is 2.23. The van der Waals surface area contributed by atoms with Crippen LogP contribution in [0.15, 0.2) is 10.5 Å². The van der Waals surface area contributed by atoms with Crippen LogP contribution in [0.3, 0.4) is 0 Å². The largest absolute Gasteiger partial charge is 0.466 e. The van der Waals surface area contributed by atoms with Crippen LogP contribution in [0.2, 0.25) is 0 Å². The van der Waals surface area contributed by atoms with Crippen LogP contribution in [0.25, 0.3) is 0 Å². The maximum Gasteiger partial charge on any atom is 0.362 e. The van der Waals surface area contributed by atoms with E-state index in [9.17, 15) is 22.8 Å². The van der Waals surface area contributed by atoms with Crippen LogP contribution in [-0.4, -0.2) is 70.5 Å². The number of nitrogens with zero attached hydrogens (tertiary/aromatic N) is 3. The molecular formula is C15H20N4O8S2. The lowest BCUT2D eigenvalue weighted by atomic mass is 10.0. The van der Waals surface area contributed by atoms with Gasteiger partial charge in [-0.3, -0.25) is 14.1 Å². The Bertz CT molecular complexity index is 969. The quantitative estimate of drug-likeness (QED) is 0.186. The Labute approximate surface area is 170 Å². The minimum atomic E-state index is -4.73. The van der Waals surface area contributed by atoms with Crippen molar-refractivity contribution < 1.29 is 36.9 Å². The third-order valence-corrected chi connectivity index (χ3v) is 5.77. The van der Waals surface area contributed by atoms with Crippen molar-refractivity contribution in [2.45, 2.75) is 45.4 Å². The van der Waals surface area contributed by atoms with E-state index in [-0.39, 0.29) is 15.7 Å². The number of ether oxygens (including phenoxy) is 1. The average molecular weight is 448 g/mol. The molecular weight excluding hydrogens is 428 g/mol. The molecule has 14 heteroatoms. The lowest BCUT2D eigenvalue weighted by Crippen LogP contribution is -2.71. The summed E-state index contributed by atoms with van der Waals surface area (Å²) in [7, 11) is -3.56. The van der Waals surface area contributed by atoms with Crippen molar-refractivity contribution in [3.8, 4) is 0 Å². The number of esters is 1. The van der Waals surface area contributed by atoms with Gasteiger partial charge < -0.3 is 14.9 Å². The zero-order valence-corrected chi connectivity index (χ0v) is 17.8. The minimum Gasteiger partial charge on any atom is -0.466 e. The summed E-state index contributed by atoms with van der Waals surface area (Å²) in [5.74, 6) is -2.61. The van der Waals surface area contributed by atoms with Crippen LogP contribution >= 0.6 is 11.3 Å². The van der Waals surface area contributed by atoms with Gasteiger partial charge in [0.1, 0.15) is 11.7 Å². The Morgan fingerprint density at radius 3 is 2.48 bits per heavy atom. The summed E-state index contributed by atoms with van der Waals surface area (Å²) in [5, 5.41) is 8.22. The summed E-state index contributed by atoms with van der Waals surface area (Å²) < 4.78 is 36.3. The number of hydrogen-bond acceptors (Lipinski definition) is 10. The van der Waals surface area contributed by atoms with E-state index >= 15 is 0 Å². The molecule has 0 unspecified atom stereocenters. The fraction of sp³-hybridized carbons (Fsp3) is 0.533. The van der Waals surface area contributed by atoms with E-state index in [1.54, 1.807) is 6.92 Å². The van der Waals surface area contributed by atoms with Gasteiger partial charge in [0.15, 0.2) is 5.71 Å². The van der Waals surface area contributed by atoms with Gasteiger partial charge in [-0.05, 0) is 27.7 Å². The van der Waals surface area contributed by atoms with Crippen molar-refractivity contribution in [2.24, 2.45) is 5.16 Å². The molecule has 0 spiro atoms. The molecule has 1 saturated heterocycles.